The van der Waals surface area contributed by atoms with E-state index in [-0.39, 0.29) is 31.8 Å². The molecule has 0 fully saturated rings. The van der Waals surface area contributed by atoms with Crippen LogP contribution in [0.3, 0.4) is 0 Å². The number of rotatable bonds is 4. The van der Waals surface area contributed by atoms with E-state index < -0.39 is 5.60 Å². The van der Waals surface area contributed by atoms with Gasteiger partial charge in [-0.1, -0.05) is 27.2 Å². The van der Waals surface area contributed by atoms with E-state index in [9.17, 15) is 5.11 Å². The molecule has 1 atom stereocenters. The van der Waals surface area contributed by atoms with Crippen molar-refractivity contribution in [2.75, 3.05) is 7.05 Å². The van der Waals surface area contributed by atoms with Gasteiger partial charge in [0.15, 0.2) is 0 Å². The molecule has 0 aromatic rings. The molecule has 0 spiro atoms. The first-order chi connectivity index (χ1) is 5.49. The molecule has 13 heavy (non-hydrogen) atoms. The summed E-state index contributed by atoms with van der Waals surface area (Å²) in [6.45, 7) is 8.04. The van der Waals surface area contributed by atoms with Crippen LogP contribution >= 0.6 is 0 Å². The van der Waals surface area contributed by atoms with E-state index in [0.717, 1.165) is 18.6 Å². The van der Waals surface area contributed by atoms with Crippen molar-refractivity contribution in [2.45, 2.75) is 46.1 Å². The van der Waals surface area contributed by atoms with Crippen molar-refractivity contribution in [3.63, 3.8) is 0 Å². The van der Waals surface area contributed by atoms with Gasteiger partial charge in [0.25, 0.3) is 0 Å². The molecule has 0 aliphatic rings. The Bertz CT molecular complexity index is 168. The minimum atomic E-state index is -0.691. The molecule has 75 valence electrons. The number of hydrogen-bond acceptors (Lipinski definition) is 2. The summed E-state index contributed by atoms with van der Waals surface area (Å²) in [5.41, 5.74) is 0.156. The molecule has 0 aromatic heterocycles. The molecule has 1 unspecified atom stereocenters. The van der Waals surface area contributed by atoms with E-state index in [1.165, 1.54) is 0 Å². The summed E-state index contributed by atoms with van der Waals surface area (Å²) >= 11 is 0. The Morgan fingerprint density at radius 2 is 1.92 bits per heavy atom. The molecular formula is C10H21NOSc. The fourth-order valence-electron chi connectivity index (χ4n) is 1.46. The third kappa shape index (κ3) is 4.03. The van der Waals surface area contributed by atoms with Crippen molar-refractivity contribution < 1.29 is 30.9 Å². The third-order valence-corrected chi connectivity index (χ3v) is 2.55. The summed E-state index contributed by atoms with van der Waals surface area (Å²) in [6.07, 6.45) is 1.79. The van der Waals surface area contributed by atoms with Crippen LogP contribution in [0.2, 0.25) is 0 Å². The van der Waals surface area contributed by atoms with Crippen molar-refractivity contribution in [2.24, 2.45) is 10.9 Å². The summed E-state index contributed by atoms with van der Waals surface area (Å²) in [4.78, 5) is 4.07. The van der Waals surface area contributed by atoms with E-state index in [4.69, 9.17) is 0 Å². The van der Waals surface area contributed by atoms with Crippen LogP contribution in [-0.2, 0) is 25.8 Å². The number of nitrogens with zero attached hydrogens (tertiary/aromatic N) is 1. The molecule has 0 saturated carbocycles. The minimum absolute atomic E-state index is 0. The van der Waals surface area contributed by atoms with Gasteiger partial charge in [0.2, 0.25) is 0 Å². The van der Waals surface area contributed by atoms with Crippen molar-refractivity contribution in [1.29, 1.82) is 0 Å². The van der Waals surface area contributed by atoms with Gasteiger partial charge in [-0.05, 0) is 19.3 Å². The second-order valence-corrected chi connectivity index (χ2v) is 3.64. The largest absolute Gasteiger partial charge is 0.384 e. The van der Waals surface area contributed by atoms with Gasteiger partial charge in [0, 0.05) is 38.6 Å². The molecule has 0 bridgehead atoms. The van der Waals surface area contributed by atoms with Crippen LogP contribution in [0.1, 0.15) is 40.5 Å². The van der Waals surface area contributed by atoms with Gasteiger partial charge in [-0.2, -0.15) is 0 Å². The van der Waals surface area contributed by atoms with Gasteiger partial charge in [-0.15, -0.1) is 0 Å². The standard InChI is InChI=1S/C10H21NO.Sc/c1-6-7-10(12,8(2)3)9(4)11-5;/h8,12H,6-7H2,1-5H3;. The fourth-order valence-corrected chi connectivity index (χ4v) is 1.46. The molecule has 1 N–H and O–H groups in total. The Hall–Kier alpha value is 0.500. The second-order valence-electron chi connectivity index (χ2n) is 3.64. The summed E-state index contributed by atoms with van der Waals surface area (Å²) in [6, 6.07) is 0. The summed E-state index contributed by atoms with van der Waals surface area (Å²) < 4.78 is 0. The zero-order chi connectivity index (χ0) is 9.78. The molecule has 0 heterocycles. The molecule has 0 aliphatic heterocycles. The molecule has 0 amide bonds. The van der Waals surface area contributed by atoms with E-state index >= 15 is 0 Å². The smallest absolute Gasteiger partial charge is 0.104 e. The molecule has 3 heteroatoms. The van der Waals surface area contributed by atoms with Crippen molar-refractivity contribution in [1.82, 2.24) is 0 Å². The van der Waals surface area contributed by atoms with Crippen LogP contribution in [0.15, 0.2) is 4.99 Å². The Morgan fingerprint density at radius 1 is 1.46 bits per heavy atom. The van der Waals surface area contributed by atoms with E-state index in [0.29, 0.717) is 0 Å². The van der Waals surface area contributed by atoms with E-state index in [1.807, 2.05) is 20.8 Å². The molecule has 0 saturated heterocycles. The number of aliphatic hydroxyl groups is 1. The summed E-state index contributed by atoms with van der Waals surface area (Å²) in [5.74, 6) is 0.237. The van der Waals surface area contributed by atoms with Crippen molar-refractivity contribution in [3.05, 3.63) is 0 Å². The third-order valence-electron chi connectivity index (χ3n) is 2.55. The summed E-state index contributed by atoms with van der Waals surface area (Å²) in [7, 11) is 1.73. The first-order valence-corrected chi connectivity index (χ1v) is 4.65. The average molecular weight is 216 g/mol. The fraction of sp³-hybridized carbons (Fsp3) is 0.900. The maximum Gasteiger partial charge on any atom is 0.104 e. The van der Waals surface area contributed by atoms with Crippen LogP contribution in [0.25, 0.3) is 0 Å². The molecule has 2 nitrogen and oxygen atoms in total. The Labute approximate surface area is 101 Å². The predicted octanol–water partition coefficient (Wildman–Crippen LogP) is 2.26. The van der Waals surface area contributed by atoms with Gasteiger partial charge in [-0.25, -0.2) is 0 Å². The minimum Gasteiger partial charge on any atom is -0.384 e. The number of hydrogen-bond donors (Lipinski definition) is 1. The van der Waals surface area contributed by atoms with Gasteiger partial charge >= 0.3 is 0 Å². The SMILES string of the molecule is CCCC(O)(C(C)=NC)C(C)C.[Sc]. The molecule has 0 aliphatic carbocycles. The Balaban J connectivity index is 0. The topological polar surface area (TPSA) is 32.6 Å². The molecule has 0 rings (SSSR count). The van der Waals surface area contributed by atoms with E-state index in [1.54, 1.807) is 7.05 Å². The predicted molar refractivity (Wildman–Crippen MR) is 53.7 cm³/mol. The molecular weight excluding hydrogens is 195 g/mol. The first kappa shape index (κ1) is 16.0. The summed E-state index contributed by atoms with van der Waals surface area (Å²) in [5, 5.41) is 10.2. The van der Waals surface area contributed by atoms with Crippen molar-refractivity contribution >= 4 is 5.71 Å². The molecule has 0 aromatic carbocycles. The van der Waals surface area contributed by atoms with Gasteiger partial charge in [0.1, 0.15) is 5.60 Å². The van der Waals surface area contributed by atoms with Crippen LogP contribution in [-0.4, -0.2) is 23.5 Å². The quantitative estimate of drug-likeness (QED) is 0.718. The van der Waals surface area contributed by atoms with Crippen LogP contribution in [0.5, 0.6) is 0 Å². The zero-order valence-electron chi connectivity index (χ0n) is 9.46. The first-order valence-electron chi connectivity index (χ1n) is 4.65. The van der Waals surface area contributed by atoms with Crippen LogP contribution in [0, 0.1) is 5.92 Å². The second kappa shape index (κ2) is 6.88. The Morgan fingerprint density at radius 3 is 2.15 bits per heavy atom. The monoisotopic (exact) mass is 216 g/mol. The maximum atomic E-state index is 10.2. The average Bonchev–Trinajstić information content (AvgIpc) is 2.03. The van der Waals surface area contributed by atoms with Gasteiger partial charge in [0.05, 0.1) is 0 Å². The van der Waals surface area contributed by atoms with Gasteiger partial charge in [-0.3, -0.25) is 4.99 Å². The van der Waals surface area contributed by atoms with Crippen LogP contribution < -0.4 is 0 Å². The van der Waals surface area contributed by atoms with Crippen LogP contribution in [0.4, 0.5) is 0 Å². The molecule has 1 radical (unpaired) electrons. The zero-order valence-corrected chi connectivity index (χ0v) is 11.3. The van der Waals surface area contributed by atoms with E-state index in [2.05, 4.69) is 11.9 Å². The number of aliphatic imine (C=N–C) groups is 1. The van der Waals surface area contributed by atoms with Gasteiger partial charge < -0.3 is 5.11 Å². The normalized spacial score (nSPS) is 16.7. The Kier molecular flexibility index (Phi) is 8.44. The maximum absolute atomic E-state index is 10.2. The van der Waals surface area contributed by atoms with Crippen molar-refractivity contribution in [3.8, 4) is 0 Å².